The summed E-state index contributed by atoms with van der Waals surface area (Å²) in [6.07, 6.45) is 7.97. The van der Waals surface area contributed by atoms with Crippen molar-refractivity contribution in [2.75, 3.05) is 6.54 Å². The van der Waals surface area contributed by atoms with Crippen LogP contribution in [0.25, 0.3) is 0 Å². The highest BCUT2D eigenvalue weighted by Crippen LogP contribution is 2.44. The molecule has 1 atom stereocenters. The third-order valence-corrected chi connectivity index (χ3v) is 4.82. The Bertz CT molecular complexity index is 394. The molecule has 0 amide bonds. The first kappa shape index (κ1) is 14.5. The summed E-state index contributed by atoms with van der Waals surface area (Å²) in [5, 5.41) is 10.9. The Labute approximate surface area is 117 Å². The third kappa shape index (κ3) is 3.18. The van der Waals surface area contributed by atoms with Gasteiger partial charge in [-0.05, 0) is 30.9 Å². The molecule has 0 aromatic heterocycles. The van der Waals surface area contributed by atoms with E-state index in [2.05, 4.69) is 19.1 Å². The maximum absolute atomic E-state index is 10.9. The molecular formula is C17H27NO. The van der Waals surface area contributed by atoms with Crippen LogP contribution in [0.5, 0.6) is 0 Å². The Morgan fingerprint density at radius 1 is 1.11 bits per heavy atom. The molecule has 1 aromatic rings. The van der Waals surface area contributed by atoms with Gasteiger partial charge in [0.05, 0.1) is 6.10 Å². The zero-order chi connectivity index (χ0) is 13.7. The monoisotopic (exact) mass is 261 g/mol. The molecule has 0 heterocycles. The summed E-state index contributed by atoms with van der Waals surface area (Å²) in [4.78, 5) is 0. The molecule has 1 fully saturated rings. The molecule has 1 saturated carbocycles. The van der Waals surface area contributed by atoms with Crippen LogP contribution in [0, 0.1) is 12.3 Å². The Hall–Kier alpha value is -0.860. The van der Waals surface area contributed by atoms with Crippen LogP contribution in [0.15, 0.2) is 24.3 Å². The number of benzene rings is 1. The van der Waals surface area contributed by atoms with Crippen molar-refractivity contribution in [3.05, 3.63) is 35.4 Å². The van der Waals surface area contributed by atoms with Gasteiger partial charge in [-0.1, -0.05) is 56.4 Å². The first-order valence-corrected chi connectivity index (χ1v) is 7.63. The van der Waals surface area contributed by atoms with E-state index in [0.717, 1.165) is 18.4 Å². The predicted octanol–water partition coefficient (Wildman–Crippen LogP) is 3.72. The van der Waals surface area contributed by atoms with Crippen molar-refractivity contribution < 1.29 is 5.11 Å². The topological polar surface area (TPSA) is 46.2 Å². The lowest BCUT2D eigenvalue weighted by atomic mass is 9.69. The van der Waals surface area contributed by atoms with Crippen molar-refractivity contribution in [3.63, 3.8) is 0 Å². The summed E-state index contributed by atoms with van der Waals surface area (Å²) in [5.41, 5.74) is 8.20. The van der Waals surface area contributed by atoms with E-state index in [-0.39, 0.29) is 5.41 Å². The van der Waals surface area contributed by atoms with Crippen LogP contribution in [-0.4, -0.2) is 11.7 Å². The summed E-state index contributed by atoms with van der Waals surface area (Å²) in [6.45, 7) is 2.66. The van der Waals surface area contributed by atoms with Crippen molar-refractivity contribution in [1.29, 1.82) is 0 Å². The van der Waals surface area contributed by atoms with E-state index in [1.165, 1.54) is 37.7 Å². The molecule has 0 aliphatic heterocycles. The molecular weight excluding hydrogens is 234 g/mol. The maximum atomic E-state index is 10.9. The van der Waals surface area contributed by atoms with Crippen molar-refractivity contribution in [2.24, 2.45) is 11.1 Å². The van der Waals surface area contributed by atoms with E-state index >= 15 is 0 Å². The number of nitrogens with two attached hydrogens (primary N) is 1. The van der Waals surface area contributed by atoms with Crippen LogP contribution in [-0.2, 0) is 0 Å². The van der Waals surface area contributed by atoms with E-state index in [9.17, 15) is 5.11 Å². The number of hydrogen-bond acceptors (Lipinski definition) is 2. The van der Waals surface area contributed by atoms with Gasteiger partial charge in [0.15, 0.2) is 0 Å². The van der Waals surface area contributed by atoms with Crippen LogP contribution >= 0.6 is 0 Å². The average molecular weight is 261 g/mol. The summed E-state index contributed by atoms with van der Waals surface area (Å²) < 4.78 is 0. The van der Waals surface area contributed by atoms with Crippen LogP contribution in [0.3, 0.4) is 0 Å². The Balaban J connectivity index is 2.25. The van der Waals surface area contributed by atoms with E-state index in [1.54, 1.807) is 0 Å². The van der Waals surface area contributed by atoms with Crippen molar-refractivity contribution in [3.8, 4) is 0 Å². The van der Waals surface area contributed by atoms with Gasteiger partial charge in [0, 0.05) is 12.0 Å². The minimum atomic E-state index is -0.420. The quantitative estimate of drug-likeness (QED) is 0.871. The Morgan fingerprint density at radius 2 is 1.68 bits per heavy atom. The number of rotatable bonds is 3. The fourth-order valence-corrected chi connectivity index (χ4v) is 3.42. The smallest absolute Gasteiger partial charge is 0.0860 e. The third-order valence-electron chi connectivity index (χ3n) is 4.82. The minimum absolute atomic E-state index is 0.119. The predicted molar refractivity (Wildman–Crippen MR) is 79.9 cm³/mol. The normalized spacial score (nSPS) is 21.4. The fourth-order valence-electron chi connectivity index (χ4n) is 3.42. The molecule has 106 valence electrons. The van der Waals surface area contributed by atoms with Gasteiger partial charge in [-0.3, -0.25) is 0 Å². The second kappa shape index (κ2) is 6.53. The van der Waals surface area contributed by atoms with Gasteiger partial charge in [0.2, 0.25) is 0 Å². The van der Waals surface area contributed by atoms with Crippen LogP contribution in [0.2, 0.25) is 0 Å². The largest absolute Gasteiger partial charge is 0.388 e. The summed E-state index contributed by atoms with van der Waals surface area (Å²) in [6, 6.07) is 8.17. The van der Waals surface area contributed by atoms with Crippen molar-refractivity contribution >= 4 is 0 Å². The van der Waals surface area contributed by atoms with Crippen LogP contribution < -0.4 is 5.73 Å². The molecule has 2 heteroatoms. The molecule has 0 spiro atoms. The van der Waals surface area contributed by atoms with Gasteiger partial charge in [-0.2, -0.15) is 0 Å². The zero-order valence-electron chi connectivity index (χ0n) is 12.1. The molecule has 1 unspecified atom stereocenters. The molecule has 19 heavy (non-hydrogen) atoms. The van der Waals surface area contributed by atoms with Gasteiger partial charge >= 0.3 is 0 Å². The lowest BCUT2D eigenvalue weighted by molar-refractivity contribution is 0.00807. The molecule has 1 aromatic carbocycles. The lowest BCUT2D eigenvalue weighted by Crippen LogP contribution is -2.37. The molecule has 0 radical (unpaired) electrons. The number of aliphatic hydroxyl groups is 1. The maximum Gasteiger partial charge on any atom is 0.0860 e. The number of aliphatic hydroxyl groups excluding tert-OH is 1. The van der Waals surface area contributed by atoms with Crippen LogP contribution in [0.1, 0.15) is 62.2 Å². The molecule has 0 bridgehead atoms. The summed E-state index contributed by atoms with van der Waals surface area (Å²) in [7, 11) is 0. The highest BCUT2D eigenvalue weighted by atomic mass is 16.3. The van der Waals surface area contributed by atoms with E-state index < -0.39 is 6.10 Å². The molecule has 2 rings (SSSR count). The van der Waals surface area contributed by atoms with E-state index in [0.29, 0.717) is 6.54 Å². The van der Waals surface area contributed by atoms with Gasteiger partial charge in [-0.15, -0.1) is 0 Å². The minimum Gasteiger partial charge on any atom is -0.388 e. The van der Waals surface area contributed by atoms with Crippen molar-refractivity contribution in [1.82, 2.24) is 0 Å². The first-order chi connectivity index (χ1) is 9.19. The molecule has 3 N–H and O–H groups in total. The first-order valence-electron chi connectivity index (χ1n) is 7.63. The Kier molecular flexibility index (Phi) is 5.00. The number of aryl methyl sites for hydroxylation is 1. The molecule has 0 saturated heterocycles. The molecule has 1 aliphatic rings. The van der Waals surface area contributed by atoms with Gasteiger partial charge in [-0.25, -0.2) is 0 Å². The standard InChI is InChI=1S/C17H27NO/c1-14-9-5-6-10-15(14)16(19)17(13-18)11-7-3-2-4-8-12-17/h5-6,9-10,16,19H,2-4,7-8,11-13,18H2,1H3. The lowest BCUT2D eigenvalue weighted by Gasteiger charge is -2.39. The zero-order valence-corrected chi connectivity index (χ0v) is 12.1. The second-order valence-corrected chi connectivity index (χ2v) is 6.09. The average Bonchev–Trinajstić information content (AvgIpc) is 2.39. The Morgan fingerprint density at radius 3 is 2.26 bits per heavy atom. The van der Waals surface area contributed by atoms with Crippen LogP contribution in [0.4, 0.5) is 0 Å². The van der Waals surface area contributed by atoms with E-state index in [1.807, 2.05) is 12.1 Å². The summed E-state index contributed by atoms with van der Waals surface area (Å²) in [5.74, 6) is 0. The fraction of sp³-hybridized carbons (Fsp3) is 0.647. The van der Waals surface area contributed by atoms with E-state index in [4.69, 9.17) is 5.73 Å². The second-order valence-electron chi connectivity index (χ2n) is 6.09. The highest BCUT2D eigenvalue weighted by Gasteiger charge is 2.37. The van der Waals surface area contributed by atoms with Gasteiger partial charge in [0.25, 0.3) is 0 Å². The summed E-state index contributed by atoms with van der Waals surface area (Å²) >= 11 is 0. The number of hydrogen-bond donors (Lipinski definition) is 2. The van der Waals surface area contributed by atoms with Gasteiger partial charge < -0.3 is 10.8 Å². The highest BCUT2D eigenvalue weighted by molar-refractivity contribution is 5.29. The van der Waals surface area contributed by atoms with Crippen molar-refractivity contribution in [2.45, 2.75) is 58.0 Å². The molecule has 2 nitrogen and oxygen atoms in total. The SMILES string of the molecule is Cc1ccccc1C(O)C1(CN)CCCCCCC1. The molecule has 1 aliphatic carbocycles. The van der Waals surface area contributed by atoms with Gasteiger partial charge in [0.1, 0.15) is 0 Å².